The molecule has 1 heterocycles. The van der Waals surface area contributed by atoms with Crippen LogP contribution < -0.4 is 31.7 Å². The van der Waals surface area contributed by atoms with E-state index < -0.39 is 11.5 Å². The number of rotatable bonds is 7. The van der Waals surface area contributed by atoms with Crippen molar-refractivity contribution in [2.75, 3.05) is 20.4 Å². The topological polar surface area (TPSA) is 75.2 Å². The van der Waals surface area contributed by atoms with Crippen LogP contribution in [0.25, 0.3) is 0 Å². The maximum atomic E-state index is 6.65. The Kier molecular flexibility index (Phi) is 7.24. The van der Waals surface area contributed by atoms with E-state index in [1.807, 2.05) is 61.5 Å². The van der Waals surface area contributed by atoms with Gasteiger partial charge in [-0.3, -0.25) is 0 Å². The molecule has 0 aliphatic carbocycles. The van der Waals surface area contributed by atoms with Gasteiger partial charge in [0.05, 0.1) is 0 Å². The standard InChI is InChI=1S/C30H31BrN5OP/c1-36(2)30-34-28(33-29(32)35-30)23-18-20-24(21-19-23)37-22-38(31,25-12-6-3-7-13-25,26-14-8-4-9-15-26)27-16-10-5-11-17-27/h3-21,28H,22H2,1-2H3,(H3,32,33,34,35). The fraction of sp³-hybridized carbons (Fsp3) is 0.133. The normalized spacial score (nSPS) is 16.3. The molecule has 0 amide bonds. The van der Waals surface area contributed by atoms with Crippen molar-refractivity contribution in [1.82, 2.24) is 10.2 Å². The molecule has 0 radical (unpaired) electrons. The Balaban J connectivity index is 1.53. The average Bonchev–Trinajstić information content (AvgIpc) is 2.97. The Morgan fingerprint density at radius 3 is 1.68 bits per heavy atom. The van der Waals surface area contributed by atoms with Gasteiger partial charge in [0.2, 0.25) is 0 Å². The first-order valence-corrected chi connectivity index (χ1v) is 16.8. The molecular formula is C30H31BrN5OP. The van der Waals surface area contributed by atoms with E-state index in [9.17, 15) is 0 Å². The number of halogens is 1. The molecule has 5 rings (SSSR count). The number of aliphatic imine (C=N–C) groups is 2. The van der Waals surface area contributed by atoms with Crippen LogP contribution in [0.3, 0.4) is 0 Å². The number of benzene rings is 4. The van der Waals surface area contributed by atoms with E-state index >= 15 is 0 Å². The van der Waals surface area contributed by atoms with Gasteiger partial charge in [0.25, 0.3) is 0 Å². The van der Waals surface area contributed by atoms with E-state index in [-0.39, 0.29) is 0 Å². The molecule has 3 N–H and O–H groups in total. The summed E-state index contributed by atoms with van der Waals surface area (Å²) < 4.78 is 6.65. The van der Waals surface area contributed by atoms with Crippen molar-refractivity contribution in [2.24, 2.45) is 15.7 Å². The summed E-state index contributed by atoms with van der Waals surface area (Å²) in [6.45, 7) is 0. The third-order valence-electron chi connectivity index (χ3n) is 6.70. The van der Waals surface area contributed by atoms with Gasteiger partial charge < -0.3 is 0 Å². The average molecular weight is 588 g/mol. The van der Waals surface area contributed by atoms with Crippen molar-refractivity contribution in [2.45, 2.75) is 6.17 Å². The summed E-state index contributed by atoms with van der Waals surface area (Å²) in [5.41, 5.74) is 6.94. The van der Waals surface area contributed by atoms with Gasteiger partial charge in [-0.15, -0.1) is 0 Å². The van der Waals surface area contributed by atoms with E-state index in [4.69, 9.17) is 10.5 Å². The fourth-order valence-corrected chi connectivity index (χ4v) is 11.2. The zero-order valence-corrected chi connectivity index (χ0v) is 23.9. The van der Waals surface area contributed by atoms with E-state index in [0.717, 1.165) is 11.3 Å². The molecule has 8 heteroatoms. The molecule has 0 fully saturated rings. The minimum atomic E-state index is -3.19. The predicted octanol–water partition coefficient (Wildman–Crippen LogP) is 4.70. The summed E-state index contributed by atoms with van der Waals surface area (Å²) in [5.74, 6) is 1.79. The summed E-state index contributed by atoms with van der Waals surface area (Å²) >= 11 is 4.42. The van der Waals surface area contributed by atoms with E-state index in [1.54, 1.807) is 0 Å². The van der Waals surface area contributed by atoms with Gasteiger partial charge in [-0.25, -0.2) is 0 Å². The summed E-state index contributed by atoms with van der Waals surface area (Å²) in [6, 6.07) is 39.8. The van der Waals surface area contributed by atoms with Crippen molar-refractivity contribution in [3.8, 4) is 5.75 Å². The van der Waals surface area contributed by atoms with E-state index in [2.05, 4.69) is 104 Å². The SMILES string of the molecule is CN(C)C1=NC(c2ccc(OCP(Br)(c3ccccc3)(c3ccccc3)c3ccccc3)cc2)N=C(N)N1. The van der Waals surface area contributed by atoms with Crippen LogP contribution in [0.2, 0.25) is 0 Å². The number of hydrogen-bond acceptors (Lipinski definition) is 6. The number of nitrogens with two attached hydrogens (primary N) is 1. The number of nitrogens with zero attached hydrogens (tertiary/aromatic N) is 3. The van der Waals surface area contributed by atoms with Gasteiger partial charge in [0.1, 0.15) is 0 Å². The Morgan fingerprint density at radius 1 is 0.763 bits per heavy atom. The summed E-state index contributed by atoms with van der Waals surface area (Å²) in [6.07, 6.45) is 0.0424. The monoisotopic (exact) mass is 587 g/mol. The predicted molar refractivity (Wildman–Crippen MR) is 165 cm³/mol. The van der Waals surface area contributed by atoms with Crippen LogP contribution in [0.1, 0.15) is 11.7 Å². The Morgan fingerprint density at radius 2 is 1.24 bits per heavy atom. The van der Waals surface area contributed by atoms with Crippen molar-refractivity contribution < 1.29 is 4.74 Å². The van der Waals surface area contributed by atoms with Crippen molar-refractivity contribution in [3.05, 3.63) is 121 Å². The third kappa shape index (κ3) is 4.80. The van der Waals surface area contributed by atoms with Crippen LogP contribution in [0.4, 0.5) is 0 Å². The number of ether oxygens (including phenoxy) is 1. The molecule has 0 saturated carbocycles. The Hall–Kier alpha value is -3.67. The second-order valence-electron chi connectivity index (χ2n) is 9.39. The van der Waals surface area contributed by atoms with Crippen molar-refractivity contribution in [3.63, 3.8) is 0 Å². The van der Waals surface area contributed by atoms with Gasteiger partial charge >= 0.3 is 232 Å². The van der Waals surface area contributed by atoms with Crippen LogP contribution in [0.5, 0.6) is 5.75 Å². The van der Waals surface area contributed by atoms with Crippen LogP contribution in [-0.4, -0.2) is 37.3 Å². The molecule has 6 nitrogen and oxygen atoms in total. The van der Waals surface area contributed by atoms with Crippen LogP contribution in [0, 0.1) is 0 Å². The van der Waals surface area contributed by atoms with Gasteiger partial charge in [-0.05, 0) is 0 Å². The van der Waals surface area contributed by atoms with Crippen molar-refractivity contribution in [1.29, 1.82) is 0 Å². The van der Waals surface area contributed by atoms with Gasteiger partial charge in [-0.1, -0.05) is 0 Å². The first kappa shape index (κ1) is 26.0. The Labute approximate surface area is 231 Å². The molecule has 0 bridgehead atoms. The molecule has 0 spiro atoms. The number of hydrogen-bond donors (Lipinski definition) is 2. The number of nitrogens with one attached hydrogen (secondary N) is 1. The summed E-state index contributed by atoms with van der Waals surface area (Å²) in [5, 5.41) is 3.43. The minimum absolute atomic E-state index is 0.347. The number of guanidine groups is 2. The second-order valence-corrected chi connectivity index (χ2v) is 18.3. The van der Waals surface area contributed by atoms with Crippen LogP contribution in [0.15, 0.2) is 125 Å². The van der Waals surface area contributed by atoms with Crippen LogP contribution >= 0.6 is 20.8 Å². The van der Waals surface area contributed by atoms with E-state index in [0.29, 0.717) is 18.3 Å². The molecule has 38 heavy (non-hydrogen) atoms. The molecule has 4 aromatic rings. The first-order valence-electron chi connectivity index (χ1n) is 12.4. The van der Waals surface area contributed by atoms with Gasteiger partial charge in [0.15, 0.2) is 0 Å². The first-order chi connectivity index (χ1) is 18.4. The van der Waals surface area contributed by atoms with Gasteiger partial charge in [-0.2, -0.15) is 0 Å². The molecule has 194 valence electrons. The molecule has 1 aliphatic rings. The molecule has 1 aliphatic heterocycles. The second kappa shape index (κ2) is 10.6. The molecule has 4 aromatic carbocycles. The van der Waals surface area contributed by atoms with Crippen LogP contribution in [-0.2, 0) is 0 Å². The Bertz CT molecular complexity index is 1350. The third-order valence-corrected chi connectivity index (χ3v) is 15.7. The van der Waals surface area contributed by atoms with Gasteiger partial charge in [0, 0.05) is 0 Å². The summed E-state index contributed by atoms with van der Waals surface area (Å²) in [4.78, 5) is 11.0. The molecule has 0 saturated heterocycles. The van der Waals surface area contributed by atoms with E-state index in [1.165, 1.54) is 15.9 Å². The molecule has 1 atom stereocenters. The molecule has 1 unspecified atom stereocenters. The molecule has 0 aromatic heterocycles. The molecular weight excluding hydrogens is 557 g/mol. The zero-order valence-electron chi connectivity index (χ0n) is 21.4. The van der Waals surface area contributed by atoms with Crippen molar-refractivity contribution >= 4 is 48.6 Å². The zero-order chi connectivity index (χ0) is 26.6. The quantitative estimate of drug-likeness (QED) is 0.307. The fourth-order valence-electron chi connectivity index (χ4n) is 4.65. The maximum absolute atomic E-state index is 6.65. The summed E-state index contributed by atoms with van der Waals surface area (Å²) in [7, 11) is 3.83.